The molecular weight excluding hydrogens is 392 g/mol. The maximum atomic E-state index is 12.6. The van der Waals surface area contributed by atoms with Crippen molar-refractivity contribution in [3.8, 4) is 11.5 Å². The minimum Gasteiger partial charge on any atom is -0.497 e. The molecule has 0 radical (unpaired) electrons. The van der Waals surface area contributed by atoms with E-state index in [0.29, 0.717) is 29.0 Å². The molecule has 0 aromatic heterocycles. The summed E-state index contributed by atoms with van der Waals surface area (Å²) >= 11 is 0. The van der Waals surface area contributed by atoms with Gasteiger partial charge in [0.2, 0.25) is 5.91 Å². The van der Waals surface area contributed by atoms with E-state index >= 15 is 0 Å². The molecule has 4 rings (SSSR count). The smallest absolute Gasteiger partial charge is 0.343 e. The van der Waals surface area contributed by atoms with Gasteiger partial charge in [-0.2, -0.15) is 5.10 Å². The quantitative estimate of drug-likeness (QED) is 0.452. The molecule has 0 aliphatic carbocycles. The zero-order valence-corrected chi connectivity index (χ0v) is 17.3. The zero-order chi connectivity index (χ0) is 21.8. The van der Waals surface area contributed by atoms with Crippen LogP contribution in [0.1, 0.15) is 40.9 Å². The van der Waals surface area contributed by atoms with Gasteiger partial charge in [-0.25, -0.2) is 9.80 Å². The molecule has 0 N–H and O–H groups in total. The van der Waals surface area contributed by atoms with Crippen LogP contribution in [0.25, 0.3) is 0 Å². The number of amides is 1. The Labute approximate surface area is 180 Å². The van der Waals surface area contributed by atoms with Crippen LogP contribution in [0.4, 0.5) is 0 Å². The number of para-hydroxylation sites is 1. The number of carbonyl (C=O) groups excluding carboxylic acids is 2. The van der Waals surface area contributed by atoms with Gasteiger partial charge >= 0.3 is 5.97 Å². The van der Waals surface area contributed by atoms with Crippen LogP contribution in [-0.2, 0) is 4.79 Å². The van der Waals surface area contributed by atoms with Crippen LogP contribution >= 0.6 is 0 Å². The summed E-state index contributed by atoms with van der Waals surface area (Å²) in [6, 6.07) is 23.4. The van der Waals surface area contributed by atoms with Crippen LogP contribution in [0.2, 0.25) is 0 Å². The third kappa shape index (κ3) is 4.33. The second-order valence-corrected chi connectivity index (χ2v) is 7.16. The second kappa shape index (κ2) is 8.83. The molecule has 1 aliphatic rings. The number of hydrazone groups is 1. The molecule has 3 aromatic rings. The minimum absolute atomic E-state index is 0.158. The monoisotopic (exact) mass is 414 g/mol. The molecule has 1 aliphatic heterocycles. The summed E-state index contributed by atoms with van der Waals surface area (Å²) in [7, 11) is 1.61. The summed E-state index contributed by atoms with van der Waals surface area (Å²) in [6.45, 7) is 1.49. The third-order valence-electron chi connectivity index (χ3n) is 5.14. The Balaban J connectivity index is 1.62. The zero-order valence-electron chi connectivity index (χ0n) is 17.3. The third-order valence-corrected chi connectivity index (χ3v) is 5.14. The predicted molar refractivity (Wildman–Crippen MR) is 117 cm³/mol. The number of carbonyl (C=O) groups is 2. The lowest BCUT2D eigenvalue weighted by Gasteiger charge is -2.20. The highest BCUT2D eigenvalue weighted by Gasteiger charge is 2.32. The Hall–Kier alpha value is -3.93. The van der Waals surface area contributed by atoms with Gasteiger partial charge in [0.15, 0.2) is 0 Å². The SMILES string of the molecule is COc1ccc([C@@H]2CC(c3ccccc3OC(=O)c3ccccc3)=NN2C(C)=O)cc1. The molecule has 0 saturated carbocycles. The molecule has 1 atom stereocenters. The summed E-state index contributed by atoms with van der Waals surface area (Å²) in [5, 5.41) is 6.06. The first-order valence-corrected chi connectivity index (χ1v) is 9.94. The lowest BCUT2D eigenvalue weighted by Crippen LogP contribution is -2.24. The van der Waals surface area contributed by atoms with Crippen molar-refractivity contribution in [2.24, 2.45) is 5.10 Å². The van der Waals surface area contributed by atoms with Gasteiger partial charge < -0.3 is 9.47 Å². The maximum absolute atomic E-state index is 12.6. The van der Waals surface area contributed by atoms with Crippen molar-refractivity contribution >= 4 is 17.6 Å². The molecule has 0 saturated heterocycles. The van der Waals surface area contributed by atoms with Crippen LogP contribution in [0.15, 0.2) is 84.0 Å². The summed E-state index contributed by atoms with van der Waals surface area (Å²) in [5.74, 6) is 0.556. The number of ether oxygens (including phenoxy) is 2. The van der Waals surface area contributed by atoms with Gasteiger partial charge in [-0.1, -0.05) is 42.5 Å². The maximum Gasteiger partial charge on any atom is 0.343 e. The Morgan fingerprint density at radius 1 is 0.935 bits per heavy atom. The van der Waals surface area contributed by atoms with Gasteiger partial charge in [0.25, 0.3) is 0 Å². The Morgan fingerprint density at radius 3 is 2.29 bits per heavy atom. The summed E-state index contributed by atoms with van der Waals surface area (Å²) < 4.78 is 10.9. The van der Waals surface area contributed by atoms with E-state index in [4.69, 9.17) is 9.47 Å². The van der Waals surface area contributed by atoms with Crippen LogP contribution in [0.3, 0.4) is 0 Å². The Kier molecular flexibility index (Phi) is 5.80. The van der Waals surface area contributed by atoms with Crippen molar-refractivity contribution < 1.29 is 19.1 Å². The van der Waals surface area contributed by atoms with Crippen molar-refractivity contribution in [3.63, 3.8) is 0 Å². The molecule has 0 bridgehead atoms. The topological polar surface area (TPSA) is 68.2 Å². The van der Waals surface area contributed by atoms with E-state index in [1.54, 1.807) is 43.5 Å². The number of benzene rings is 3. The van der Waals surface area contributed by atoms with Crippen molar-refractivity contribution in [1.82, 2.24) is 5.01 Å². The molecule has 1 amide bonds. The van der Waals surface area contributed by atoms with E-state index in [0.717, 1.165) is 11.3 Å². The highest BCUT2D eigenvalue weighted by molar-refractivity contribution is 6.06. The fourth-order valence-electron chi connectivity index (χ4n) is 3.58. The Bertz CT molecular complexity index is 1120. The average Bonchev–Trinajstić information content (AvgIpc) is 3.26. The number of nitrogens with zero attached hydrogens (tertiary/aromatic N) is 2. The fraction of sp³-hybridized carbons (Fsp3) is 0.160. The number of methoxy groups -OCH3 is 1. The Morgan fingerprint density at radius 2 is 1.61 bits per heavy atom. The molecular formula is C25H22N2O4. The van der Waals surface area contributed by atoms with E-state index < -0.39 is 5.97 Å². The van der Waals surface area contributed by atoms with Crippen molar-refractivity contribution in [2.75, 3.05) is 7.11 Å². The first kappa shape index (κ1) is 20.3. The minimum atomic E-state index is -0.443. The van der Waals surface area contributed by atoms with E-state index in [9.17, 15) is 9.59 Å². The first-order valence-electron chi connectivity index (χ1n) is 9.94. The molecule has 31 heavy (non-hydrogen) atoms. The summed E-state index contributed by atoms with van der Waals surface area (Å²) in [4.78, 5) is 24.8. The number of hydrogen-bond acceptors (Lipinski definition) is 5. The normalized spacial score (nSPS) is 15.4. The molecule has 0 fully saturated rings. The molecule has 156 valence electrons. The van der Waals surface area contributed by atoms with Crippen LogP contribution < -0.4 is 9.47 Å². The number of hydrogen-bond donors (Lipinski definition) is 0. The van der Waals surface area contributed by atoms with E-state index in [-0.39, 0.29) is 11.9 Å². The number of rotatable bonds is 5. The molecule has 6 nitrogen and oxygen atoms in total. The molecule has 1 heterocycles. The van der Waals surface area contributed by atoms with Gasteiger partial charge in [-0.05, 0) is 42.0 Å². The van der Waals surface area contributed by atoms with E-state index in [1.807, 2.05) is 42.5 Å². The van der Waals surface area contributed by atoms with Gasteiger partial charge in [0.05, 0.1) is 24.4 Å². The predicted octanol–water partition coefficient (Wildman–Crippen LogP) is 4.61. The van der Waals surface area contributed by atoms with E-state index in [1.165, 1.54) is 11.9 Å². The van der Waals surface area contributed by atoms with Gasteiger partial charge in [-0.15, -0.1) is 0 Å². The van der Waals surface area contributed by atoms with Gasteiger partial charge in [0, 0.05) is 18.9 Å². The summed E-state index contributed by atoms with van der Waals surface area (Å²) in [5.41, 5.74) is 2.79. The largest absolute Gasteiger partial charge is 0.497 e. The highest BCUT2D eigenvalue weighted by atomic mass is 16.5. The van der Waals surface area contributed by atoms with Crippen LogP contribution in [0.5, 0.6) is 11.5 Å². The van der Waals surface area contributed by atoms with E-state index in [2.05, 4.69) is 5.10 Å². The van der Waals surface area contributed by atoms with Crippen molar-refractivity contribution in [2.45, 2.75) is 19.4 Å². The standard InChI is InChI=1S/C25H22N2O4/c1-17(28)27-23(18-12-14-20(30-2)15-13-18)16-22(26-27)21-10-6-7-11-24(21)31-25(29)19-8-4-3-5-9-19/h3-15,23H,16H2,1-2H3/t23-/m0/s1. The van der Waals surface area contributed by atoms with Crippen molar-refractivity contribution in [3.05, 3.63) is 95.6 Å². The average molecular weight is 414 g/mol. The van der Waals surface area contributed by atoms with Gasteiger partial charge in [0.1, 0.15) is 11.5 Å². The second-order valence-electron chi connectivity index (χ2n) is 7.16. The molecule has 6 heteroatoms. The highest BCUT2D eigenvalue weighted by Crippen LogP contribution is 2.35. The van der Waals surface area contributed by atoms with Crippen LogP contribution in [0, 0.1) is 0 Å². The first-order chi connectivity index (χ1) is 15.1. The van der Waals surface area contributed by atoms with Crippen molar-refractivity contribution in [1.29, 1.82) is 0 Å². The lowest BCUT2D eigenvalue weighted by molar-refractivity contribution is -0.130. The molecule has 0 spiro atoms. The van der Waals surface area contributed by atoms with Gasteiger partial charge in [-0.3, -0.25) is 4.79 Å². The number of esters is 1. The summed E-state index contributed by atoms with van der Waals surface area (Å²) in [6.07, 6.45) is 0.506. The van der Waals surface area contributed by atoms with Crippen LogP contribution in [-0.4, -0.2) is 29.7 Å². The lowest BCUT2D eigenvalue weighted by atomic mass is 9.98. The molecule has 0 unspecified atom stereocenters. The molecule has 3 aromatic carbocycles. The fourth-order valence-corrected chi connectivity index (χ4v) is 3.58.